The van der Waals surface area contributed by atoms with Gasteiger partial charge in [0.2, 0.25) is 0 Å². The maximum absolute atomic E-state index is 12.5. The normalized spacial score (nSPS) is 10.7. The van der Waals surface area contributed by atoms with Crippen LogP contribution in [0.5, 0.6) is 0 Å². The van der Waals surface area contributed by atoms with E-state index in [1.165, 1.54) is 6.07 Å². The Morgan fingerprint density at radius 3 is 2.58 bits per heavy atom. The number of amides is 1. The Bertz CT molecular complexity index is 1220. The number of benzene rings is 3. The molecule has 7 nitrogen and oxygen atoms in total. The molecular weight excluding hydrogens is 392 g/mol. The van der Waals surface area contributed by atoms with Crippen LogP contribution in [-0.2, 0) is 13.0 Å². The summed E-state index contributed by atoms with van der Waals surface area (Å²) in [4.78, 5) is 26.8. The van der Waals surface area contributed by atoms with Crippen LogP contribution >= 0.6 is 0 Å². The highest BCUT2D eigenvalue weighted by Gasteiger charge is 2.17. The van der Waals surface area contributed by atoms with Crippen LogP contribution < -0.4 is 10.6 Å². The van der Waals surface area contributed by atoms with Gasteiger partial charge in [-0.1, -0.05) is 48.5 Å². The van der Waals surface area contributed by atoms with E-state index in [1.54, 1.807) is 12.1 Å². The van der Waals surface area contributed by atoms with Gasteiger partial charge in [0.1, 0.15) is 5.69 Å². The maximum atomic E-state index is 12.5. The summed E-state index contributed by atoms with van der Waals surface area (Å²) < 4.78 is 0. The molecular formula is C24H22N4O3. The summed E-state index contributed by atoms with van der Waals surface area (Å²) in [5, 5.41) is 18.6. The Morgan fingerprint density at radius 2 is 1.77 bits per heavy atom. The standard InChI is InChI=1S/C24H22N4O3/c29-24(25-13-12-19-16-27-21-9-5-4-8-20(19)21)18-10-11-22(23(14-18)28(30)31)26-15-17-6-2-1-3-7-17/h1-11,14,16,26-27H,12-13,15H2,(H,25,29). The van der Waals surface area contributed by atoms with E-state index in [1.807, 2.05) is 60.8 Å². The van der Waals surface area contributed by atoms with Crippen molar-refractivity contribution in [1.82, 2.24) is 10.3 Å². The Labute approximate surface area is 179 Å². The number of nitro benzene ring substituents is 1. The molecule has 156 valence electrons. The number of H-pyrrole nitrogens is 1. The number of hydrogen-bond acceptors (Lipinski definition) is 4. The maximum Gasteiger partial charge on any atom is 0.293 e. The lowest BCUT2D eigenvalue weighted by molar-refractivity contribution is -0.384. The van der Waals surface area contributed by atoms with Crippen LogP contribution in [0, 0.1) is 10.1 Å². The third-order valence-corrected chi connectivity index (χ3v) is 5.14. The molecule has 1 heterocycles. The van der Waals surface area contributed by atoms with Crippen molar-refractivity contribution in [3.05, 3.63) is 106 Å². The third-order valence-electron chi connectivity index (χ3n) is 5.14. The second-order valence-electron chi connectivity index (χ2n) is 7.19. The van der Waals surface area contributed by atoms with Crippen molar-refractivity contribution in [2.75, 3.05) is 11.9 Å². The smallest absolute Gasteiger partial charge is 0.293 e. The van der Waals surface area contributed by atoms with Crippen LogP contribution in [0.3, 0.4) is 0 Å². The molecule has 0 saturated heterocycles. The first-order valence-corrected chi connectivity index (χ1v) is 10.0. The van der Waals surface area contributed by atoms with Crippen LogP contribution in [0.1, 0.15) is 21.5 Å². The van der Waals surface area contributed by atoms with Gasteiger partial charge in [-0.3, -0.25) is 14.9 Å². The SMILES string of the molecule is O=C(NCCc1c[nH]c2ccccc12)c1ccc(NCc2ccccc2)c([N+](=O)[O-])c1. The lowest BCUT2D eigenvalue weighted by atomic mass is 10.1. The molecule has 4 aromatic rings. The highest BCUT2D eigenvalue weighted by molar-refractivity contribution is 5.95. The fourth-order valence-corrected chi connectivity index (χ4v) is 3.52. The summed E-state index contributed by atoms with van der Waals surface area (Å²) >= 11 is 0. The van der Waals surface area contributed by atoms with E-state index in [9.17, 15) is 14.9 Å². The Balaban J connectivity index is 1.40. The van der Waals surface area contributed by atoms with Crippen LogP contribution in [-0.4, -0.2) is 22.4 Å². The number of nitrogens with one attached hydrogen (secondary N) is 3. The van der Waals surface area contributed by atoms with Gasteiger partial charge in [0.25, 0.3) is 11.6 Å². The minimum Gasteiger partial charge on any atom is -0.375 e. The molecule has 0 aliphatic heterocycles. The fourth-order valence-electron chi connectivity index (χ4n) is 3.52. The van der Waals surface area contributed by atoms with Gasteiger partial charge >= 0.3 is 0 Å². The van der Waals surface area contributed by atoms with Gasteiger partial charge in [0, 0.05) is 41.8 Å². The average molecular weight is 414 g/mol. The number of fused-ring (bicyclic) bond motifs is 1. The average Bonchev–Trinajstić information content (AvgIpc) is 3.21. The van der Waals surface area contributed by atoms with Crippen molar-refractivity contribution in [2.24, 2.45) is 0 Å². The predicted octanol–water partition coefficient (Wildman–Crippen LogP) is 4.66. The Kier molecular flexibility index (Phi) is 5.93. The first kappa shape index (κ1) is 20.2. The number of anilines is 1. The fraction of sp³-hybridized carbons (Fsp3) is 0.125. The third kappa shape index (κ3) is 4.72. The minimum absolute atomic E-state index is 0.125. The van der Waals surface area contributed by atoms with Gasteiger partial charge in [-0.25, -0.2) is 0 Å². The number of aromatic amines is 1. The molecule has 1 aromatic heterocycles. The van der Waals surface area contributed by atoms with Crippen molar-refractivity contribution >= 4 is 28.2 Å². The van der Waals surface area contributed by atoms with Crippen molar-refractivity contribution < 1.29 is 9.72 Å². The number of hydrogen-bond donors (Lipinski definition) is 3. The predicted molar refractivity (Wildman–Crippen MR) is 121 cm³/mol. The molecule has 1 amide bonds. The van der Waals surface area contributed by atoms with Gasteiger partial charge in [-0.05, 0) is 35.7 Å². The Hall–Kier alpha value is -4.13. The van der Waals surface area contributed by atoms with Crippen LogP contribution in [0.2, 0.25) is 0 Å². The van der Waals surface area contributed by atoms with Gasteiger partial charge in [-0.15, -0.1) is 0 Å². The summed E-state index contributed by atoms with van der Waals surface area (Å²) in [6, 6.07) is 22.1. The molecule has 0 radical (unpaired) electrons. The number of nitro groups is 1. The van der Waals surface area contributed by atoms with Crippen molar-refractivity contribution in [3.63, 3.8) is 0 Å². The monoisotopic (exact) mass is 414 g/mol. The molecule has 0 atom stereocenters. The molecule has 4 rings (SSSR count). The molecule has 0 aliphatic rings. The number of carbonyl (C=O) groups is 1. The summed E-state index contributed by atoms with van der Waals surface area (Å²) in [6.45, 7) is 0.889. The number of aromatic nitrogens is 1. The van der Waals surface area contributed by atoms with Crippen molar-refractivity contribution in [3.8, 4) is 0 Å². The molecule has 3 N–H and O–H groups in total. The molecule has 3 aromatic carbocycles. The molecule has 0 spiro atoms. The van der Waals surface area contributed by atoms with E-state index in [0.717, 1.165) is 22.0 Å². The summed E-state index contributed by atoms with van der Waals surface area (Å²) in [6.07, 6.45) is 2.60. The van der Waals surface area contributed by atoms with Crippen LogP contribution in [0.4, 0.5) is 11.4 Å². The van der Waals surface area contributed by atoms with E-state index in [0.29, 0.717) is 25.2 Å². The van der Waals surface area contributed by atoms with Crippen molar-refractivity contribution in [2.45, 2.75) is 13.0 Å². The van der Waals surface area contributed by atoms with E-state index < -0.39 is 4.92 Å². The number of para-hydroxylation sites is 1. The van der Waals surface area contributed by atoms with Crippen LogP contribution in [0.15, 0.2) is 79.0 Å². The lowest BCUT2D eigenvalue weighted by Crippen LogP contribution is -2.25. The molecule has 0 aliphatic carbocycles. The quantitative estimate of drug-likeness (QED) is 0.288. The highest BCUT2D eigenvalue weighted by Crippen LogP contribution is 2.26. The summed E-state index contributed by atoms with van der Waals surface area (Å²) in [7, 11) is 0. The van der Waals surface area contributed by atoms with E-state index >= 15 is 0 Å². The second kappa shape index (κ2) is 9.13. The van der Waals surface area contributed by atoms with Crippen molar-refractivity contribution in [1.29, 1.82) is 0 Å². The largest absolute Gasteiger partial charge is 0.375 e. The van der Waals surface area contributed by atoms with E-state index in [-0.39, 0.29) is 17.2 Å². The minimum atomic E-state index is -0.476. The number of rotatable bonds is 8. The zero-order valence-corrected chi connectivity index (χ0v) is 16.8. The molecule has 31 heavy (non-hydrogen) atoms. The lowest BCUT2D eigenvalue weighted by Gasteiger charge is -2.09. The van der Waals surface area contributed by atoms with Crippen LogP contribution in [0.25, 0.3) is 10.9 Å². The van der Waals surface area contributed by atoms with Gasteiger partial charge < -0.3 is 15.6 Å². The summed E-state index contributed by atoms with van der Waals surface area (Å²) in [5.41, 5.74) is 3.69. The molecule has 0 unspecified atom stereocenters. The number of carbonyl (C=O) groups excluding carboxylic acids is 1. The van der Waals surface area contributed by atoms with Gasteiger partial charge in [-0.2, -0.15) is 0 Å². The zero-order valence-electron chi connectivity index (χ0n) is 16.8. The second-order valence-corrected chi connectivity index (χ2v) is 7.19. The first-order valence-electron chi connectivity index (χ1n) is 10.0. The Morgan fingerprint density at radius 1 is 1.00 bits per heavy atom. The molecule has 0 saturated carbocycles. The summed E-state index contributed by atoms with van der Waals surface area (Å²) in [5.74, 6) is -0.336. The number of nitrogens with zero attached hydrogens (tertiary/aromatic N) is 1. The van der Waals surface area contributed by atoms with E-state index in [2.05, 4.69) is 15.6 Å². The topological polar surface area (TPSA) is 100 Å². The van der Waals surface area contributed by atoms with E-state index in [4.69, 9.17) is 0 Å². The molecule has 0 bridgehead atoms. The zero-order chi connectivity index (χ0) is 21.6. The van der Waals surface area contributed by atoms with Gasteiger partial charge in [0.15, 0.2) is 0 Å². The van der Waals surface area contributed by atoms with Gasteiger partial charge in [0.05, 0.1) is 4.92 Å². The molecule has 0 fully saturated rings. The first-order chi connectivity index (χ1) is 15.1. The molecule has 7 heteroatoms. The highest BCUT2D eigenvalue weighted by atomic mass is 16.6.